The van der Waals surface area contributed by atoms with E-state index in [4.69, 9.17) is 5.11 Å². The fourth-order valence-corrected chi connectivity index (χ4v) is 0.885. The summed E-state index contributed by atoms with van der Waals surface area (Å²) in [5.74, 6) is 0.657. The van der Waals surface area contributed by atoms with Crippen LogP contribution in [0.2, 0.25) is 0 Å². The maximum atomic E-state index is 10.2. The molecule has 0 saturated heterocycles. The number of carboxylic acid groups (broad SMARTS) is 1. The van der Waals surface area contributed by atoms with E-state index in [2.05, 4.69) is 5.73 Å². The van der Waals surface area contributed by atoms with Crippen molar-refractivity contribution in [1.29, 1.82) is 0 Å². The first kappa shape index (κ1) is 11.5. The van der Waals surface area contributed by atoms with Crippen LogP contribution in [0, 0.1) is 0 Å². The predicted molar refractivity (Wildman–Crippen MR) is 47.9 cm³/mol. The topological polar surface area (TPSA) is 57.6 Å². The van der Waals surface area contributed by atoms with Gasteiger partial charge in [-0.2, -0.15) is 0 Å². The van der Waals surface area contributed by atoms with E-state index in [0.29, 0.717) is 6.54 Å². The minimum Gasteiger partial charge on any atom is -0.481 e. The molecule has 0 saturated carbocycles. The zero-order chi connectivity index (χ0) is 10.1. The highest BCUT2D eigenvalue weighted by atomic mass is 16.4. The van der Waals surface area contributed by atoms with Crippen molar-refractivity contribution in [1.82, 2.24) is 4.90 Å². The standard InChI is InChI=1S/C9H13NO3/c1-2-5-10(6-3-8-11)7-4-9(12)13/h6H,2,4-5,7H2,1H3,(H,12,13). The van der Waals surface area contributed by atoms with Gasteiger partial charge in [0.15, 0.2) is 5.94 Å². The highest BCUT2D eigenvalue weighted by Crippen LogP contribution is 1.94. The fraction of sp³-hybridized carbons (Fsp3) is 0.556. The highest BCUT2D eigenvalue weighted by molar-refractivity contribution is 5.66. The summed E-state index contributed by atoms with van der Waals surface area (Å²) in [7, 11) is 0. The quantitative estimate of drug-likeness (QED) is 0.486. The van der Waals surface area contributed by atoms with Crippen molar-refractivity contribution >= 4 is 11.9 Å². The molecule has 0 bridgehead atoms. The van der Waals surface area contributed by atoms with Crippen LogP contribution in [-0.2, 0) is 9.59 Å². The monoisotopic (exact) mass is 183 g/mol. The molecule has 0 fully saturated rings. The van der Waals surface area contributed by atoms with Crippen molar-refractivity contribution in [2.45, 2.75) is 19.8 Å². The molecular weight excluding hydrogens is 170 g/mol. The third-order valence-corrected chi connectivity index (χ3v) is 1.43. The van der Waals surface area contributed by atoms with Crippen molar-refractivity contribution in [2.75, 3.05) is 13.1 Å². The molecule has 0 aliphatic rings. The smallest absolute Gasteiger partial charge is 0.305 e. The van der Waals surface area contributed by atoms with E-state index >= 15 is 0 Å². The zero-order valence-electron chi connectivity index (χ0n) is 7.62. The van der Waals surface area contributed by atoms with Gasteiger partial charge < -0.3 is 10.0 Å². The molecule has 0 aliphatic carbocycles. The Balaban J connectivity index is 4.01. The Morgan fingerprint density at radius 3 is 2.69 bits per heavy atom. The summed E-state index contributed by atoms with van der Waals surface area (Å²) in [6.45, 7) is 3.10. The molecule has 0 unspecified atom stereocenters. The SMILES string of the molecule is CCCN(C=C=C=O)CCC(=O)O. The van der Waals surface area contributed by atoms with Crippen LogP contribution in [0.25, 0.3) is 0 Å². The Morgan fingerprint density at radius 1 is 1.54 bits per heavy atom. The maximum Gasteiger partial charge on any atom is 0.305 e. The van der Waals surface area contributed by atoms with Gasteiger partial charge in [0.2, 0.25) is 0 Å². The van der Waals surface area contributed by atoms with E-state index in [9.17, 15) is 9.59 Å². The number of carboxylic acids is 1. The van der Waals surface area contributed by atoms with Crippen LogP contribution in [0.3, 0.4) is 0 Å². The van der Waals surface area contributed by atoms with Crippen molar-refractivity contribution in [3.63, 3.8) is 0 Å². The van der Waals surface area contributed by atoms with Crippen LogP contribution in [-0.4, -0.2) is 35.0 Å². The summed E-state index contributed by atoms with van der Waals surface area (Å²) in [6, 6.07) is 0. The second-order valence-corrected chi connectivity index (χ2v) is 2.56. The summed E-state index contributed by atoms with van der Waals surface area (Å²) in [4.78, 5) is 21.8. The summed E-state index contributed by atoms with van der Waals surface area (Å²) in [5.41, 5.74) is 2.26. The zero-order valence-corrected chi connectivity index (χ0v) is 7.62. The first-order valence-electron chi connectivity index (χ1n) is 4.12. The van der Waals surface area contributed by atoms with Crippen LogP contribution < -0.4 is 0 Å². The molecule has 72 valence electrons. The number of aliphatic carboxylic acids is 1. The van der Waals surface area contributed by atoms with Crippen molar-refractivity contribution in [2.24, 2.45) is 0 Å². The minimum absolute atomic E-state index is 0.0665. The molecule has 0 aliphatic heterocycles. The minimum atomic E-state index is -0.843. The van der Waals surface area contributed by atoms with Gasteiger partial charge in [-0.3, -0.25) is 4.79 Å². The van der Waals surface area contributed by atoms with E-state index in [-0.39, 0.29) is 6.42 Å². The first-order chi connectivity index (χ1) is 6.20. The number of hydrogen-bond acceptors (Lipinski definition) is 3. The van der Waals surface area contributed by atoms with Crippen molar-refractivity contribution < 1.29 is 14.7 Å². The largest absolute Gasteiger partial charge is 0.481 e. The van der Waals surface area contributed by atoms with Gasteiger partial charge in [0.05, 0.1) is 12.6 Å². The molecule has 0 atom stereocenters. The number of rotatable bonds is 6. The molecule has 0 spiro atoms. The molecule has 1 N–H and O–H groups in total. The molecule has 0 rings (SSSR count). The highest BCUT2D eigenvalue weighted by Gasteiger charge is 2.01. The molecule has 0 amide bonds. The van der Waals surface area contributed by atoms with E-state index in [1.165, 1.54) is 12.1 Å². The second kappa shape index (κ2) is 7.17. The van der Waals surface area contributed by atoms with Crippen LogP contribution in [0.5, 0.6) is 0 Å². The number of carbonyl (C=O) groups is 1. The van der Waals surface area contributed by atoms with Crippen LogP contribution in [0.1, 0.15) is 19.8 Å². The summed E-state index contributed by atoms with van der Waals surface area (Å²) in [6.07, 6.45) is 2.41. The Labute approximate surface area is 77.2 Å². The lowest BCUT2D eigenvalue weighted by Gasteiger charge is -2.16. The maximum absolute atomic E-state index is 10.2. The van der Waals surface area contributed by atoms with Crippen LogP contribution in [0.15, 0.2) is 11.9 Å². The van der Waals surface area contributed by atoms with Crippen molar-refractivity contribution in [3.8, 4) is 0 Å². The molecule has 0 aromatic heterocycles. The van der Waals surface area contributed by atoms with Gasteiger partial charge in [-0.25, -0.2) is 4.79 Å². The van der Waals surface area contributed by atoms with Gasteiger partial charge in [0.25, 0.3) is 0 Å². The van der Waals surface area contributed by atoms with E-state index < -0.39 is 5.97 Å². The van der Waals surface area contributed by atoms with Crippen LogP contribution in [0.4, 0.5) is 0 Å². The summed E-state index contributed by atoms with van der Waals surface area (Å²) in [5, 5.41) is 8.42. The molecule has 13 heavy (non-hydrogen) atoms. The third-order valence-electron chi connectivity index (χ3n) is 1.43. The Morgan fingerprint density at radius 2 is 2.23 bits per heavy atom. The molecular formula is C9H13NO3. The lowest BCUT2D eigenvalue weighted by atomic mass is 10.3. The molecule has 0 heterocycles. The average Bonchev–Trinajstić information content (AvgIpc) is 2.09. The summed E-state index contributed by atoms with van der Waals surface area (Å²) < 4.78 is 0. The fourth-order valence-electron chi connectivity index (χ4n) is 0.885. The van der Waals surface area contributed by atoms with Gasteiger partial charge >= 0.3 is 5.97 Å². The summed E-state index contributed by atoms with van der Waals surface area (Å²) >= 11 is 0. The second-order valence-electron chi connectivity index (χ2n) is 2.56. The number of carbonyl (C=O) groups excluding carboxylic acids is 1. The van der Waals surface area contributed by atoms with Gasteiger partial charge in [-0.05, 0) is 12.2 Å². The van der Waals surface area contributed by atoms with E-state index in [0.717, 1.165) is 13.0 Å². The number of hydrogen-bond donors (Lipinski definition) is 1. The normalized spacial score (nSPS) is 8.38. The molecule has 4 heteroatoms. The van der Waals surface area contributed by atoms with Gasteiger partial charge in [0, 0.05) is 13.1 Å². The molecule has 4 nitrogen and oxygen atoms in total. The Kier molecular flexibility index (Phi) is 6.34. The lowest BCUT2D eigenvalue weighted by molar-refractivity contribution is -0.137. The van der Waals surface area contributed by atoms with E-state index in [1.807, 2.05) is 6.92 Å². The van der Waals surface area contributed by atoms with Crippen LogP contribution >= 0.6 is 0 Å². The number of nitrogens with zero attached hydrogens (tertiary/aromatic N) is 1. The predicted octanol–water partition coefficient (Wildman–Crippen LogP) is 0.674. The average molecular weight is 183 g/mol. The first-order valence-corrected chi connectivity index (χ1v) is 4.12. The van der Waals surface area contributed by atoms with Gasteiger partial charge in [0.1, 0.15) is 0 Å². The van der Waals surface area contributed by atoms with E-state index in [1.54, 1.807) is 4.90 Å². The lowest BCUT2D eigenvalue weighted by Crippen LogP contribution is -2.21. The third kappa shape index (κ3) is 6.88. The van der Waals surface area contributed by atoms with Gasteiger partial charge in [-0.15, -0.1) is 0 Å². The molecule has 0 radical (unpaired) electrons. The van der Waals surface area contributed by atoms with Crippen molar-refractivity contribution in [3.05, 3.63) is 11.9 Å². The van der Waals surface area contributed by atoms with Gasteiger partial charge in [-0.1, -0.05) is 6.92 Å². The Hall–Kier alpha value is -1.50. The Bertz CT molecular complexity index is 237. The molecule has 0 aromatic carbocycles. The molecule has 0 aromatic rings.